The Morgan fingerprint density at radius 1 is 0.895 bits per heavy atom. The van der Waals surface area contributed by atoms with Crippen LogP contribution in [-0.2, 0) is 0 Å². The molecule has 1 aliphatic heterocycles. The highest BCUT2D eigenvalue weighted by Crippen LogP contribution is 2.57. The van der Waals surface area contributed by atoms with Gasteiger partial charge in [0, 0.05) is 31.7 Å². The van der Waals surface area contributed by atoms with E-state index in [2.05, 4.69) is 22.4 Å². The molecule has 5 rings (SSSR count). The summed E-state index contributed by atoms with van der Waals surface area (Å²) in [7, 11) is 0. The van der Waals surface area contributed by atoms with Crippen LogP contribution in [0.3, 0.4) is 0 Å². The maximum atomic E-state index is 5.19. The molecule has 5 aliphatic rings. The van der Waals surface area contributed by atoms with Gasteiger partial charge in [0.15, 0.2) is 0 Å². The van der Waals surface area contributed by atoms with Crippen LogP contribution in [-0.4, -0.2) is 45.8 Å². The fraction of sp³-hybridized carbons (Fsp3) is 0.933. The molecule has 106 valence electrons. The van der Waals surface area contributed by atoms with Crippen LogP contribution in [0.25, 0.3) is 0 Å². The van der Waals surface area contributed by atoms with Crippen molar-refractivity contribution in [3.63, 3.8) is 0 Å². The van der Waals surface area contributed by atoms with Gasteiger partial charge in [-0.05, 0) is 56.3 Å². The van der Waals surface area contributed by atoms with Gasteiger partial charge in [-0.3, -0.25) is 4.90 Å². The number of piperazine rings is 1. The zero-order valence-electron chi connectivity index (χ0n) is 11.6. The van der Waals surface area contributed by atoms with E-state index in [4.69, 9.17) is 12.2 Å². The average Bonchev–Trinajstić information content (AvgIpc) is 2.37. The SMILES string of the molecule is S=C(S)N1CCN(C23CC4CC(CC(C4)C2)C3)CC1. The Labute approximate surface area is 127 Å². The Balaban J connectivity index is 1.49. The Morgan fingerprint density at radius 2 is 1.37 bits per heavy atom. The molecule has 4 aliphatic carbocycles. The van der Waals surface area contributed by atoms with Crippen LogP contribution in [0.1, 0.15) is 38.5 Å². The Bertz CT molecular complexity index is 352. The average molecular weight is 297 g/mol. The molecule has 0 aromatic heterocycles. The number of nitrogens with zero attached hydrogens (tertiary/aromatic N) is 2. The van der Waals surface area contributed by atoms with E-state index in [1.165, 1.54) is 32.4 Å². The van der Waals surface area contributed by atoms with Crippen molar-refractivity contribution < 1.29 is 0 Å². The molecule has 5 fully saturated rings. The van der Waals surface area contributed by atoms with Gasteiger partial charge < -0.3 is 4.90 Å². The van der Waals surface area contributed by atoms with E-state index in [9.17, 15) is 0 Å². The van der Waals surface area contributed by atoms with Gasteiger partial charge in [-0.15, -0.1) is 12.6 Å². The van der Waals surface area contributed by atoms with Gasteiger partial charge in [-0.25, -0.2) is 0 Å². The summed E-state index contributed by atoms with van der Waals surface area (Å²) in [6.45, 7) is 4.58. The Morgan fingerprint density at radius 3 is 1.79 bits per heavy atom. The second kappa shape index (κ2) is 4.60. The van der Waals surface area contributed by atoms with Gasteiger partial charge in [-0.1, -0.05) is 12.2 Å². The molecule has 0 N–H and O–H groups in total. The van der Waals surface area contributed by atoms with Crippen LogP contribution in [0, 0.1) is 17.8 Å². The predicted molar refractivity (Wildman–Crippen MR) is 85.6 cm³/mol. The summed E-state index contributed by atoms with van der Waals surface area (Å²) in [5, 5.41) is 0. The lowest BCUT2D eigenvalue weighted by molar-refractivity contribution is -0.0969. The van der Waals surface area contributed by atoms with Crippen molar-refractivity contribution >= 4 is 29.2 Å². The second-order valence-corrected chi connectivity index (χ2v) is 8.51. The normalized spacial score (nSPS) is 45.7. The number of hydrogen-bond donors (Lipinski definition) is 1. The van der Waals surface area contributed by atoms with Gasteiger partial charge >= 0.3 is 0 Å². The largest absolute Gasteiger partial charge is 0.355 e. The molecule has 4 heteroatoms. The molecule has 4 saturated carbocycles. The summed E-state index contributed by atoms with van der Waals surface area (Å²) in [5.74, 6) is 3.15. The minimum atomic E-state index is 0.582. The van der Waals surface area contributed by atoms with Crippen molar-refractivity contribution in [2.75, 3.05) is 26.2 Å². The first-order chi connectivity index (χ1) is 9.14. The number of hydrogen-bond acceptors (Lipinski definition) is 2. The molecule has 0 atom stereocenters. The van der Waals surface area contributed by atoms with Gasteiger partial charge in [-0.2, -0.15) is 0 Å². The van der Waals surface area contributed by atoms with Crippen LogP contribution >= 0.6 is 24.8 Å². The fourth-order valence-corrected chi connectivity index (χ4v) is 6.21. The Kier molecular flexibility index (Phi) is 3.13. The van der Waals surface area contributed by atoms with E-state index in [1.54, 1.807) is 19.3 Å². The minimum Gasteiger partial charge on any atom is -0.355 e. The van der Waals surface area contributed by atoms with E-state index in [0.717, 1.165) is 35.2 Å². The maximum absolute atomic E-state index is 5.19. The lowest BCUT2D eigenvalue weighted by Crippen LogP contribution is -2.64. The molecule has 0 radical (unpaired) electrons. The predicted octanol–water partition coefficient (Wildman–Crippen LogP) is 2.79. The van der Waals surface area contributed by atoms with Gasteiger partial charge in [0.2, 0.25) is 0 Å². The summed E-state index contributed by atoms with van der Waals surface area (Å²) in [5.41, 5.74) is 0.582. The van der Waals surface area contributed by atoms with Gasteiger partial charge in [0.05, 0.1) is 0 Å². The molecule has 1 heterocycles. The summed E-state index contributed by atoms with van der Waals surface area (Å²) in [4.78, 5) is 5.09. The quantitative estimate of drug-likeness (QED) is 0.587. The molecule has 0 aromatic rings. The molecule has 1 saturated heterocycles. The van der Waals surface area contributed by atoms with Crippen molar-refractivity contribution in [1.29, 1.82) is 0 Å². The first-order valence-electron chi connectivity index (χ1n) is 7.87. The smallest absolute Gasteiger partial charge is 0.133 e. The van der Waals surface area contributed by atoms with Crippen LogP contribution < -0.4 is 0 Å². The van der Waals surface area contributed by atoms with Crippen LogP contribution in [0.5, 0.6) is 0 Å². The van der Waals surface area contributed by atoms with Crippen LogP contribution in [0.4, 0.5) is 0 Å². The summed E-state index contributed by atoms with van der Waals surface area (Å²) >= 11 is 9.52. The highest BCUT2D eigenvalue weighted by Gasteiger charge is 2.53. The third kappa shape index (κ3) is 2.14. The lowest BCUT2D eigenvalue weighted by Gasteiger charge is -2.61. The lowest BCUT2D eigenvalue weighted by atomic mass is 9.52. The highest BCUT2D eigenvalue weighted by atomic mass is 32.1. The van der Waals surface area contributed by atoms with Crippen molar-refractivity contribution in [2.45, 2.75) is 44.1 Å². The minimum absolute atomic E-state index is 0.582. The van der Waals surface area contributed by atoms with E-state index >= 15 is 0 Å². The second-order valence-electron chi connectivity index (χ2n) is 7.40. The third-order valence-corrected chi connectivity index (χ3v) is 6.77. The summed E-state index contributed by atoms with van der Waals surface area (Å²) in [6.07, 6.45) is 9.10. The van der Waals surface area contributed by atoms with Crippen molar-refractivity contribution in [3.8, 4) is 0 Å². The number of thiocarbonyl (C=S) groups is 1. The van der Waals surface area contributed by atoms with Gasteiger partial charge in [0.25, 0.3) is 0 Å². The molecular weight excluding hydrogens is 272 g/mol. The molecule has 19 heavy (non-hydrogen) atoms. The van der Waals surface area contributed by atoms with E-state index in [-0.39, 0.29) is 0 Å². The monoisotopic (exact) mass is 296 g/mol. The highest BCUT2D eigenvalue weighted by molar-refractivity contribution is 8.10. The van der Waals surface area contributed by atoms with E-state index in [0.29, 0.717) is 5.54 Å². The standard InChI is InChI=1S/C15H24N2S2/c18-14(19)16-1-3-17(4-2-16)15-8-11-5-12(9-15)7-13(6-11)10-15/h11-13H,1-10H2,(H,18,19). The first kappa shape index (κ1) is 12.9. The molecule has 2 nitrogen and oxygen atoms in total. The molecule has 0 unspecified atom stereocenters. The molecule has 0 spiro atoms. The fourth-order valence-electron chi connectivity index (χ4n) is 5.82. The molecule has 0 aromatic carbocycles. The van der Waals surface area contributed by atoms with Crippen LogP contribution in [0.2, 0.25) is 0 Å². The van der Waals surface area contributed by atoms with Gasteiger partial charge in [0.1, 0.15) is 4.32 Å². The van der Waals surface area contributed by atoms with E-state index < -0.39 is 0 Å². The van der Waals surface area contributed by atoms with Crippen molar-refractivity contribution in [2.24, 2.45) is 17.8 Å². The summed E-state index contributed by atoms with van der Waals surface area (Å²) in [6, 6.07) is 0. The van der Waals surface area contributed by atoms with E-state index in [1.807, 2.05) is 0 Å². The molecule has 4 bridgehead atoms. The Hall–Kier alpha value is 0.200. The third-order valence-electron chi connectivity index (χ3n) is 6.23. The molecular formula is C15H24N2S2. The molecule has 0 amide bonds. The number of rotatable bonds is 1. The van der Waals surface area contributed by atoms with Crippen molar-refractivity contribution in [1.82, 2.24) is 9.80 Å². The first-order valence-corrected chi connectivity index (χ1v) is 8.73. The maximum Gasteiger partial charge on any atom is 0.133 e. The topological polar surface area (TPSA) is 6.48 Å². The van der Waals surface area contributed by atoms with Crippen molar-refractivity contribution in [3.05, 3.63) is 0 Å². The summed E-state index contributed by atoms with van der Waals surface area (Å²) < 4.78 is 0.783. The zero-order chi connectivity index (χ0) is 13.0. The zero-order valence-corrected chi connectivity index (χ0v) is 13.3. The number of thiol groups is 1. The van der Waals surface area contributed by atoms with Crippen LogP contribution in [0.15, 0.2) is 0 Å².